The first-order chi connectivity index (χ1) is 19.6. The average molecular weight is 573 g/mol. The van der Waals surface area contributed by atoms with Crippen molar-refractivity contribution in [3.63, 3.8) is 0 Å². The highest BCUT2D eigenvalue weighted by molar-refractivity contribution is 7.07. The molecule has 0 saturated heterocycles. The zero-order valence-corrected chi connectivity index (χ0v) is 25.0. The highest BCUT2D eigenvalue weighted by atomic mass is 32.1. The van der Waals surface area contributed by atoms with Crippen molar-refractivity contribution in [2.75, 3.05) is 0 Å². The SMILES string of the molecule is CCC(C)(C)C1CCC(=Nn2c(-c3cccc([N+](=O)[O-])c3)csc2=Nc2c(C)n(C)n(-c3ccccc3)c2=O)CC1. The Morgan fingerprint density at radius 2 is 1.80 bits per heavy atom. The van der Waals surface area contributed by atoms with E-state index in [1.807, 2.05) is 55.7 Å². The zero-order valence-electron chi connectivity index (χ0n) is 24.2. The first-order valence-corrected chi connectivity index (χ1v) is 14.9. The summed E-state index contributed by atoms with van der Waals surface area (Å²) < 4.78 is 5.18. The first kappa shape index (κ1) is 28.5. The molecule has 0 atom stereocenters. The van der Waals surface area contributed by atoms with Crippen LogP contribution in [-0.2, 0) is 7.05 Å². The molecule has 0 aliphatic heterocycles. The van der Waals surface area contributed by atoms with Gasteiger partial charge in [0, 0.05) is 35.8 Å². The van der Waals surface area contributed by atoms with E-state index in [-0.39, 0.29) is 11.2 Å². The molecule has 4 aromatic rings. The molecule has 214 valence electrons. The Morgan fingerprint density at radius 3 is 2.46 bits per heavy atom. The predicted octanol–water partition coefficient (Wildman–Crippen LogP) is 6.99. The van der Waals surface area contributed by atoms with Crippen molar-refractivity contribution in [2.45, 2.75) is 59.8 Å². The van der Waals surface area contributed by atoms with Gasteiger partial charge in [0.25, 0.3) is 11.2 Å². The van der Waals surface area contributed by atoms with Gasteiger partial charge >= 0.3 is 0 Å². The van der Waals surface area contributed by atoms with E-state index < -0.39 is 4.92 Å². The standard InChI is InChI=1S/C31H36N6O3S/c1-6-31(3,4)23-15-17-24(18-16-23)33-35-27(22-11-10-14-26(19-22)37(39)40)20-41-30(35)32-28-21(2)34(5)36(29(28)38)25-12-8-7-9-13-25/h7-14,19-20,23H,6,15-18H2,1-5H3. The molecular weight excluding hydrogens is 536 g/mol. The van der Waals surface area contributed by atoms with E-state index in [9.17, 15) is 14.9 Å². The van der Waals surface area contributed by atoms with E-state index in [1.54, 1.807) is 26.2 Å². The van der Waals surface area contributed by atoms with Gasteiger partial charge in [-0.05, 0) is 56.1 Å². The van der Waals surface area contributed by atoms with Gasteiger partial charge in [0.05, 0.1) is 22.0 Å². The van der Waals surface area contributed by atoms with Gasteiger partial charge in [0.2, 0.25) is 4.80 Å². The smallest absolute Gasteiger partial charge is 0.283 e. The molecule has 0 spiro atoms. The lowest BCUT2D eigenvalue weighted by Crippen LogP contribution is -2.28. The van der Waals surface area contributed by atoms with Gasteiger partial charge in [-0.1, -0.05) is 57.5 Å². The molecule has 2 heterocycles. The number of benzene rings is 2. The molecule has 2 aromatic heterocycles. The number of para-hydroxylation sites is 1. The van der Waals surface area contributed by atoms with E-state index in [4.69, 9.17) is 10.1 Å². The Hall–Kier alpha value is -4.05. The molecule has 1 fully saturated rings. The van der Waals surface area contributed by atoms with Crippen molar-refractivity contribution in [1.29, 1.82) is 0 Å². The summed E-state index contributed by atoms with van der Waals surface area (Å²) in [5, 5.41) is 18.5. The van der Waals surface area contributed by atoms with E-state index >= 15 is 0 Å². The molecule has 41 heavy (non-hydrogen) atoms. The second-order valence-electron chi connectivity index (χ2n) is 11.3. The minimum absolute atomic E-state index is 0.0124. The van der Waals surface area contributed by atoms with Crippen molar-refractivity contribution in [3.05, 3.63) is 90.9 Å². The molecule has 0 unspecified atom stereocenters. The lowest BCUT2D eigenvalue weighted by Gasteiger charge is -2.36. The molecule has 10 heteroatoms. The zero-order chi connectivity index (χ0) is 29.3. The molecule has 1 saturated carbocycles. The van der Waals surface area contributed by atoms with Gasteiger partial charge in [-0.25, -0.2) is 14.4 Å². The van der Waals surface area contributed by atoms with Crippen LogP contribution >= 0.6 is 11.3 Å². The number of hydrogen-bond donors (Lipinski definition) is 0. The van der Waals surface area contributed by atoms with E-state index in [0.717, 1.165) is 49.2 Å². The predicted molar refractivity (Wildman–Crippen MR) is 164 cm³/mol. The number of non-ortho nitro benzene ring substituents is 1. The summed E-state index contributed by atoms with van der Waals surface area (Å²) >= 11 is 1.37. The van der Waals surface area contributed by atoms with Crippen LogP contribution in [0, 0.1) is 28.4 Å². The van der Waals surface area contributed by atoms with Gasteiger partial charge in [-0.3, -0.25) is 19.6 Å². The molecule has 0 amide bonds. The highest BCUT2D eigenvalue weighted by Crippen LogP contribution is 2.40. The number of rotatable bonds is 7. The Balaban J connectivity index is 1.64. The summed E-state index contributed by atoms with van der Waals surface area (Å²) in [6.07, 6.45) is 5.05. The van der Waals surface area contributed by atoms with Crippen molar-refractivity contribution < 1.29 is 4.92 Å². The third-order valence-corrected chi connectivity index (χ3v) is 9.41. The molecule has 1 aliphatic rings. The van der Waals surface area contributed by atoms with Crippen molar-refractivity contribution in [1.82, 2.24) is 14.0 Å². The summed E-state index contributed by atoms with van der Waals surface area (Å²) in [6.45, 7) is 8.81. The quantitative estimate of drug-likeness (QED) is 0.176. The fraction of sp³-hybridized carbons (Fsp3) is 0.387. The second kappa shape index (κ2) is 11.4. The lowest BCUT2D eigenvalue weighted by molar-refractivity contribution is -0.384. The van der Waals surface area contributed by atoms with Gasteiger partial charge in [0.1, 0.15) is 0 Å². The summed E-state index contributed by atoms with van der Waals surface area (Å²) in [4.78, 5) is 30.1. The van der Waals surface area contributed by atoms with Crippen LogP contribution in [0.3, 0.4) is 0 Å². The summed E-state index contributed by atoms with van der Waals surface area (Å²) in [6, 6.07) is 16.0. The van der Waals surface area contributed by atoms with Crippen LogP contribution in [0.1, 0.15) is 58.6 Å². The van der Waals surface area contributed by atoms with E-state index in [0.29, 0.717) is 33.1 Å². The van der Waals surface area contributed by atoms with Gasteiger partial charge < -0.3 is 0 Å². The number of nitrogens with zero attached hydrogens (tertiary/aromatic N) is 6. The van der Waals surface area contributed by atoms with Crippen LogP contribution in [0.25, 0.3) is 16.9 Å². The molecule has 2 aromatic carbocycles. The molecule has 5 rings (SSSR count). The topological polar surface area (TPSA) is 99.7 Å². The Labute approximate surface area is 243 Å². The maximum absolute atomic E-state index is 13.6. The molecule has 0 bridgehead atoms. The van der Waals surface area contributed by atoms with Crippen molar-refractivity contribution >= 4 is 28.4 Å². The number of aromatic nitrogens is 3. The van der Waals surface area contributed by atoms with Crippen LogP contribution in [0.2, 0.25) is 0 Å². The van der Waals surface area contributed by atoms with Crippen LogP contribution in [0.5, 0.6) is 0 Å². The second-order valence-corrected chi connectivity index (χ2v) is 12.2. The Bertz CT molecular complexity index is 1730. The normalized spacial score (nSPS) is 16.3. The number of thiazole rings is 1. The molecule has 0 N–H and O–H groups in total. The number of hydrogen-bond acceptors (Lipinski definition) is 6. The van der Waals surface area contributed by atoms with Crippen LogP contribution in [0.15, 0.2) is 74.9 Å². The maximum Gasteiger partial charge on any atom is 0.297 e. The first-order valence-electron chi connectivity index (χ1n) is 14.0. The van der Waals surface area contributed by atoms with Gasteiger partial charge in [0.15, 0.2) is 5.69 Å². The maximum atomic E-state index is 13.6. The minimum Gasteiger partial charge on any atom is -0.283 e. The fourth-order valence-corrected chi connectivity index (χ4v) is 6.33. The lowest BCUT2D eigenvalue weighted by atomic mass is 9.69. The third-order valence-electron chi connectivity index (χ3n) is 8.59. The van der Waals surface area contributed by atoms with Crippen molar-refractivity contribution in [2.24, 2.45) is 28.5 Å². The Kier molecular flexibility index (Phi) is 7.95. The Morgan fingerprint density at radius 1 is 1.10 bits per heavy atom. The van der Waals surface area contributed by atoms with Gasteiger partial charge in [-0.2, -0.15) is 5.10 Å². The minimum atomic E-state index is -0.395. The summed E-state index contributed by atoms with van der Waals surface area (Å²) in [5.74, 6) is 0.641. The molecule has 9 nitrogen and oxygen atoms in total. The monoisotopic (exact) mass is 572 g/mol. The van der Waals surface area contributed by atoms with Gasteiger partial charge in [-0.15, -0.1) is 11.3 Å². The summed E-state index contributed by atoms with van der Waals surface area (Å²) in [5.41, 5.74) is 4.36. The molecule has 1 aliphatic carbocycles. The van der Waals surface area contributed by atoms with E-state index in [1.165, 1.54) is 17.4 Å². The van der Waals surface area contributed by atoms with Crippen LogP contribution in [-0.4, -0.2) is 24.7 Å². The summed E-state index contributed by atoms with van der Waals surface area (Å²) in [7, 11) is 1.84. The third kappa shape index (κ3) is 5.61. The number of nitro groups is 1. The highest BCUT2D eigenvalue weighted by Gasteiger charge is 2.30. The molecular formula is C31H36N6O3S. The number of nitro benzene ring substituents is 1. The average Bonchev–Trinajstić information content (AvgIpc) is 3.46. The van der Waals surface area contributed by atoms with Crippen LogP contribution < -0.4 is 10.4 Å². The van der Waals surface area contributed by atoms with Crippen molar-refractivity contribution in [3.8, 4) is 16.9 Å². The largest absolute Gasteiger partial charge is 0.297 e. The van der Waals surface area contributed by atoms with Crippen LogP contribution in [0.4, 0.5) is 11.4 Å². The fourth-order valence-electron chi connectivity index (χ4n) is 5.49. The van der Waals surface area contributed by atoms with E-state index in [2.05, 4.69) is 20.8 Å². The molecule has 0 radical (unpaired) electrons.